The zero-order chi connectivity index (χ0) is 17.0. The third-order valence-electron chi connectivity index (χ3n) is 5.70. The SMILES string of the molecule is [CH3][Sn]([CH3])[CH]1c2ccccc2-c2cccc(C3C=Cc4ccccc43)c21.[Hf]. The maximum absolute atomic E-state index is 2.55. The van der Waals surface area contributed by atoms with Crippen molar-refractivity contribution >= 4 is 25.8 Å². The summed E-state index contributed by atoms with van der Waals surface area (Å²) < 4.78 is 0.686. The maximum atomic E-state index is 2.55. The van der Waals surface area contributed by atoms with E-state index in [0.717, 1.165) is 0 Å². The molecule has 2 aliphatic rings. The van der Waals surface area contributed by atoms with Crippen LogP contribution in [0.15, 0.2) is 72.8 Å². The first-order chi connectivity index (χ1) is 12.3. The Morgan fingerprint density at radius 1 is 0.692 bits per heavy atom. The summed E-state index contributed by atoms with van der Waals surface area (Å²) in [5, 5.41) is 0. The maximum Gasteiger partial charge on any atom is 0 e. The van der Waals surface area contributed by atoms with Crippen molar-refractivity contribution in [2.24, 2.45) is 0 Å². The van der Waals surface area contributed by atoms with Crippen LogP contribution in [0.1, 0.15) is 37.7 Å². The molecule has 26 heavy (non-hydrogen) atoms. The first-order valence-electron chi connectivity index (χ1n) is 9.05. The fraction of sp³-hybridized carbons (Fsp3) is 0.167. The van der Waals surface area contributed by atoms with E-state index in [1.165, 1.54) is 27.8 Å². The van der Waals surface area contributed by atoms with E-state index in [1.54, 1.807) is 11.1 Å². The molecule has 2 unspecified atom stereocenters. The molecule has 0 aliphatic heterocycles. The van der Waals surface area contributed by atoms with Crippen molar-refractivity contribution in [3.05, 3.63) is 101 Å². The van der Waals surface area contributed by atoms with E-state index in [4.69, 9.17) is 0 Å². The summed E-state index contributed by atoms with van der Waals surface area (Å²) >= 11 is -1.49. The second-order valence-corrected chi connectivity index (χ2v) is 15.2. The average molecular weight is 607 g/mol. The molecule has 0 nitrogen and oxygen atoms in total. The van der Waals surface area contributed by atoms with Gasteiger partial charge in [-0.1, -0.05) is 0 Å². The van der Waals surface area contributed by atoms with Crippen LogP contribution in [0.25, 0.3) is 17.2 Å². The van der Waals surface area contributed by atoms with Gasteiger partial charge in [-0.25, -0.2) is 0 Å². The second-order valence-electron chi connectivity index (χ2n) is 7.37. The molecule has 0 bridgehead atoms. The van der Waals surface area contributed by atoms with Gasteiger partial charge in [0, 0.05) is 25.8 Å². The van der Waals surface area contributed by atoms with E-state index in [0.29, 0.717) is 9.85 Å². The van der Waals surface area contributed by atoms with Gasteiger partial charge in [0.25, 0.3) is 0 Å². The molecule has 0 fully saturated rings. The summed E-state index contributed by atoms with van der Waals surface area (Å²) in [5.74, 6) is 0.408. The summed E-state index contributed by atoms with van der Waals surface area (Å²) in [4.78, 5) is 5.10. The normalized spacial score (nSPS) is 19.0. The Kier molecular flexibility index (Phi) is 5.13. The predicted molar refractivity (Wildman–Crippen MR) is 109 cm³/mol. The molecule has 2 heteroatoms. The van der Waals surface area contributed by atoms with Gasteiger partial charge in [0.05, 0.1) is 0 Å². The minimum absolute atomic E-state index is 0. The number of allylic oxidation sites excluding steroid dienone is 1. The quantitative estimate of drug-likeness (QED) is 0.303. The van der Waals surface area contributed by atoms with E-state index in [1.807, 2.05) is 0 Å². The van der Waals surface area contributed by atoms with Crippen LogP contribution in [-0.2, 0) is 25.8 Å². The van der Waals surface area contributed by atoms with Gasteiger partial charge in [-0.2, -0.15) is 0 Å². The van der Waals surface area contributed by atoms with Crippen molar-refractivity contribution in [1.82, 2.24) is 0 Å². The van der Waals surface area contributed by atoms with Gasteiger partial charge in [0.15, 0.2) is 0 Å². The molecule has 3 aromatic rings. The molecule has 3 aromatic carbocycles. The van der Waals surface area contributed by atoms with Crippen molar-refractivity contribution in [3.63, 3.8) is 0 Å². The number of hydrogen-bond acceptors (Lipinski definition) is 0. The molecule has 0 spiro atoms. The molecule has 1 radical (unpaired) electrons. The molecule has 2 aliphatic carbocycles. The molecule has 5 rings (SSSR count). The predicted octanol–water partition coefficient (Wildman–Crippen LogP) is 6.25. The monoisotopic (exact) mass is 609 g/mol. The van der Waals surface area contributed by atoms with E-state index >= 15 is 0 Å². The van der Waals surface area contributed by atoms with Gasteiger partial charge >= 0.3 is 157 Å². The fourth-order valence-corrected chi connectivity index (χ4v) is 9.74. The Morgan fingerprint density at radius 2 is 1.35 bits per heavy atom. The third kappa shape index (κ3) is 2.74. The summed E-state index contributed by atoms with van der Waals surface area (Å²) in [6.45, 7) is 0. The Labute approximate surface area is 181 Å². The summed E-state index contributed by atoms with van der Waals surface area (Å²) in [5.41, 5.74) is 10.5. The van der Waals surface area contributed by atoms with Crippen LogP contribution < -0.4 is 0 Å². The molecule has 0 saturated heterocycles. The van der Waals surface area contributed by atoms with E-state index in [2.05, 4.69) is 88.8 Å². The van der Waals surface area contributed by atoms with Crippen molar-refractivity contribution in [1.29, 1.82) is 0 Å². The Balaban J connectivity index is 0.00000168. The molecular formula is C24H21HfSn. The van der Waals surface area contributed by atoms with Gasteiger partial charge < -0.3 is 0 Å². The van der Waals surface area contributed by atoms with E-state index < -0.39 is 19.8 Å². The average Bonchev–Trinajstić information content (AvgIpc) is 3.21. The number of benzene rings is 3. The number of fused-ring (bicyclic) bond motifs is 4. The molecule has 125 valence electrons. The van der Waals surface area contributed by atoms with Crippen molar-refractivity contribution in [2.45, 2.75) is 19.7 Å². The van der Waals surface area contributed by atoms with Crippen LogP contribution in [0.4, 0.5) is 0 Å². The molecule has 2 atom stereocenters. The standard InChI is InChI=1S/C22H15.2CH3.Hf.Sn/c1-3-8-17-15(6-1)12-13-21(17)20-11-5-10-19-18-9-4-2-7-16(18)14-22(19)20;;;;/h1-14,21H;2*1H3;;. The summed E-state index contributed by atoms with van der Waals surface area (Å²) in [6.07, 6.45) is 4.70. The summed E-state index contributed by atoms with van der Waals surface area (Å²) in [7, 11) is 0. The van der Waals surface area contributed by atoms with Crippen LogP contribution in [0.2, 0.25) is 9.88 Å². The Bertz CT molecular complexity index is 1000. The molecule has 0 aromatic heterocycles. The Morgan fingerprint density at radius 3 is 2.15 bits per heavy atom. The van der Waals surface area contributed by atoms with Crippen molar-refractivity contribution in [3.8, 4) is 11.1 Å². The van der Waals surface area contributed by atoms with Gasteiger partial charge in [-0.3, -0.25) is 0 Å². The molecule has 0 amide bonds. The van der Waals surface area contributed by atoms with Crippen LogP contribution in [0, 0.1) is 0 Å². The first-order valence-corrected chi connectivity index (χ1v) is 16.4. The molecule has 0 heterocycles. The minimum atomic E-state index is -1.49. The van der Waals surface area contributed by atoms with Gasteiger partial charge in [-0.05, 0) is 0 Å². The van der Waals surface area contributed by atoms with Gasteiger partial charge in [0.1, 0.15) is 0 Å². The summed E-state index contributed by atoms with van der Waals surface area (Å²) in [6, 6.07) is 24.9. The fourth-order valence-electron chi connectivity index (χ4n) is 4.68. The minimum Gasteiger partial charge on any atom is 0 e. The topological polar surface area (TPSA) is 0 Å². The van der Waals surface area contributed by atoms with Crippen LogP contribution in [0.3, 0.4) is 0 Å². The number of hydrogen-bond donors (Lipinski definition) is 0. The Hall–Kier alpha value is -0.931. The zero-order valence-electron chi connectivity index (χ0n) is 15.2. The second kappa shape index (κ2) is 7.24. The smallest absolute Gasteiger partial charge is 0 e. The molecule has 0 saturated carbocycles. The third-order valence-corrected chi connectivity index (χ3v) is 10.7. The van der Waals surface area contributed by atoms with Crippen LogP contribution in [-0.4, -0.2) is 19.8 Å². The number of rotatable bonds is 2. The van der Waals surface area contributed by atoms with Gasteiger partial charge in [-0.15, -0.1) is 0 Å². The first kappa shape index (κ1) is 18.4. The molecular weight excluding hydrogens is 585 g/mol. The van der Waals surface area contributed by atoms with Gasteiger partial charge in [0.2, 0.25) is 0 Å². The largest absolute Gasteiger partial charge is 0 e. The van der Waals surface area contributed by atoms with Crippen LogP contribution >= 0.6 is 0 Å². The molecule has 0 N–H and O–H groups in total. The van der Waals surface area contributed by atoms with E-state index in [-0.39, 0.29) is 25.8 Å². The zero-order valence-corrected chi connectivity index (χ0v) is 21.6. The van der Waals surface area contributed by atoms with Crippen LogP contribution in [0.5, 0.6) is 0 Å². The van der Waals surface area contributed by atoms with Crippen molar-refractivity contribution < 1.29 is 25.8 Å². The van der Waals surface area contributed by atoms with Crippen molar-refractivity contribution in [2.75, 3.05) is 0 Å². The van der Waals surface area contributed by atoms with E-state index in [9.17, 15) is 0 Å².